The topological polar surface area (TPSA) is 15.3 Å². The number of hydrogen-bond acceptors (Lipinski definition) is 2. The Morgan fingerprint density at radius 1 is 1.33 bits per heavy atom. The van der Waals surface area contributed by atoms with E-state index in [0.29, 0.717) is 0 Å². The van der Waals surface area contributed by atoms with Gasteiger partial charge in [-0.3, -0.25) is 4.90 Å². The Morgan fingerprint density at radius 3 is 2.72 bits per heavy atom. The van der Waals surface area contributed by atoms with Crippen molar-refractivity contribution in [3.63, 3.8) is 0 Å². The van der Waals surface area contributed by atoms with Crippen LogP contribution in [0.1, 0.15) is 31.7 Å². The second kappa shape index (κ2) is 7.46. The predicted octanol–water partition coefficient (Wildman–Crippen LogP) is 3.26. The van der Waals surface area contributed by atoms with Crippen molar-refractivity contribution in [2.75, 3.05) is 19.6 Å². The lowest BCUT2D eigenvalue weighted by molar-refractivity contribution is 0.158. The van der Waals surface area contributed by atoms with Gasteiger partial charge < -0.3 is 5.32 Å². The van der Waals surface area contributed by atoms with Crippen LogP contribution >= 0.6 is 22.6 Å². The van der Waals surface area contributed by atoms with Gasteiger partial charge in [0.15, 0.2) is 0 Å². The quantitative estimate of drug-likeness (QED) is 0.813. The van der Waals surface area contributed by atoms with E-state index in [1.165, 1.54) is 41.5 Å². The van der Waals surface area contributed by atoms with Crippen LogP contribution in [0.3, 0.4) is 0 Å². The normalized spacial score (nSPS) is 20.3. The van der Waals surface area contributed by atoms with Crippen molar-refractivity contribution in [3.05, 3.63) is 33.4 Å². The highest BCUT2D eigenvalue weighted by molar-refractivity contribution is 14.1. The highest BCUT2D eigenvalue weighted by Crippen LogP contribution is 2.16. The molecule has 0 aromatic heterocycles. The Balaban J connectivity index is 1.98. The summed E-state index contributed by atoms with van der Waals surface area (Å²) >= 11 is 2.37. The third-order valence-corrected chi connectivity index (χ3v) is 4.32. The average Bonchev–Trinajstić information content (AvgIpc) is 2.42. The number of hydrogen-bond donors (Lipinski definition) is 1. The van der Waals surface area contributed by atoms with Gasteiger partial charge in [-0.15, -0.1) is 0 Å². The second-order valence-electron chi connectivity index (χ2n) is 5.10. The average molecular weight is 358 g/mol. The third kappa shape index (κ3) is 4.21. The number of nitrogens with zero attached hydrogens (tertiary/aromatic N) is 1. The van der Waals surface area contributed by atoms with Gasteiger partial charge in [0.2, 0.25) is 0 Å². The van der Waals surface area contributed by atoms with E-state index < -0.39 is 0 Å². The molecule has 100 valence electrons. The van der Waals surface area contributed by atoms with E-state index in [0.717, 1.165) is 19.1 Å². The molecule has 1 aliphatic heterocycles. The van der Waals surface area contributed by atoms with Crippen molar-refractivity contribution in [2.45, 2.75) is 38.8 Å². The summed E-state index contributed by atoms with van der Waals surface area (Å²) in [6.45, 7) is 6.93. The van der Waals surface area contributed by atoms with Gasteiger partial charge in [-0.1, -0.05) is 19.1 Å². The first-order valence-corrected chi connectivity index (χ1v) is 8.06. The molecule has 0 spiro atoms. The summed E-state index contributed by atoms with van der Waals surface area (Å²) in [4.78, 5) is 2.65. The lowest BCUT2D eigenvalue weighted by atomic mass is 10.0. The molecule has 1 atom stereocenters. The van der Waals surface area contributed by atoms with Crippen LogP contribution in [0.15, 0.2) is 24.3 Å². The molecule has 1 aromatic rings. The molecule has 1 unspecified atom stereocenters. The molecule has 0 amide bonds. The molecule has 0 bridgehead atoms. The van der Waals surface area contributed by atoms with Gasteiger partial charge in [0, 0.05) is 22.7 Å². The highest BCUT2D eigenvalue weighted by atomic mass is 127. The van der Waals surface area contributed by atoms with E-state index in [-0.39, 0.29) is 0 Å². The number of halogens is 1. The van der Waals surface area contributed by atoms with Gasteiger partial charge >= 0.3 is 0 Å². The first-order valence-electron chi connectivity index (χ1n) is 6.99. The summed E-state index contributed by atoms with van der Waals surface area (Å²) in [6, 6.07) is 9.66. The first-order chi connectivity index (χ1) is 8.79. The smallest absolute Gasteiger partial charge is 0.0237 e. The van der Waals surface area contributed by atoms with Crippen LogP contribution in [0, 0.1) is 3.57 Å². The fourth-order valence-corrected chi connectivity index (χ4v) is 3.01. The van der Waals surface area contributed by atoms with Gasteiger partial charge in [0.25, 0.3) is 0 Å². The zero-order chi connectivity index (χ0) is 12.8. The number of piperidine rings is 1. The molecule has 2 nitrogen and oxygen atoms in total. The predicted molar refractivity (Wildman–Crippen MR) is 85.8 cm³/mol. The van der Waals surface area contributed by atoms with Crippen molar-refractivity contribution in [1.82, 2.24) is 10.2 Å². The summed E-state index contributed by atoms with van der Waals surface area (Å²) in [5, 5.41) is 3.53. The number of benzene rings is 1. The molecule has 1 N–H and O–H groups in total. The molecule has 2 rings (SSSR count). The van der Waals surface area contributed by atoms with Gasteiger partial charge in [-0.05, 0) is 72.6 Å². The van der Waals surface area contributed by atoms with Crippen LogP contribution in [-0.2, 0) is 6.54 Å². The van der Waals surface area contributed by atoms with Gasteiger partial charge in [0.1, 0.15) is 0 Å². The summed E-state index contributed by atoms with van der Waals surface area (Å²) in [5.74, 6) is 0. The van der Waals surface area contributed by atoms with E-state index in [1.54, 1.807) is 0 Å². The number of nitrogens with one attached hydrogen (secondary N) is 1. The minimum Gasteiger partial charge on any atom is -0.315 e. The van der Waals surface area contributed by atoms with E-state index in [4.69, 9.17) is 0 Å². The maximum absolute atomic E-state index is 3.53. The molecule has 0 aliphatic carbocycles. The maximum atomic E-state index is 3.53. The third-order valence-electron chi connectivity index (χ3n) is 3.60. The number of rotatable bonds is 5. The standard InChI is InChI=1S/C15H23IN2/c1-2-10-18(15-4-3-9-17-11-15)12-13-5-7-14(16)8-6-13/h5-8,15,17H,2-4,9-12H2,1H3. The first kappa shape index (κ1) is 14.3. The van der Waals surface area contributed by atoms with Crippen molar-refractivity contribution < 1.29 is 0 Å². The SMILES string of the molecule is CCCN(Cc1ccc(I)cc1)C1CCCNC1. The van der Waals surface area contributed by atoms with Gasteiger partial charge in [-0.25, -0.2) is 0 Å². The lowest BCUT2D eigenvalue weighted by Crippen LogP contribution is -2.45. The Hall–Kier alpha value is -0.130. The lowest BCUT2D eigenvalue weighted by Gasteiger charge is -2.34. The van der Waals surface area contributed by atoms with Crippen LogP contribution in [0.2, 0.25) is 0 Å². The largest absolute Gasteiger partial charge is 0.315 e. The summed E-state index contributed by atoms with van der Waals surface area (Å²) in [5.41, 5.74) is 1.44. The van der Waals surface area contributed by atoms with Gasteiger partial charge in [-0.2, -0.15) is 0 Å². The summed E-state index contributed by atoms with van der Waals surface area (Å²) < 4.78 is 1.32. The fourth-order valence-electron chi connectivity index (χ4n) is 2.65. The zero-order valence-electron chi connectivity index (χ0n) is 11.2. The van der Waals surface area contributed by atoms with E-state index in [1.807, 2.05) is 0 Å². The molecule has 1 fully saturated rings. The monoisotopic (exact) mass is 358 g/mol. The van der Waals surface area contributed by atoms with E-state index in [9.17, 15) is 0 Å². The van der Waals surface area contributed by atoms with Crippen molar-refractivity contribution in [1.29, 1.82) is 0 Å². The highest BCUT2D eigenvalue weighted by Gasteiger charge is 2.20. The summed E-state index contributed by atoms with van der Waals surface area (Å²) in [7, 11) is 0. The molecular weight excluding hydrogens is 335 g/mol. The minimum absolute atomic E-state index is 0.720. The van der Waals surface area contributed by atoms with Crippen molar-refractivity contribution in [3.8, 4) is 0 Å². The second-order valence-corrected chi connectivity index (χ2v) is 6.34. The molecule has 3 heteroatoms. The molecule has 0 saturated carbocycles. The Morgan fingerprint density at radius 2 is 2.11 bits per heavy atom. The van der Waals surface area contributed by atoms with E-state index in [2.05, 4.69) is 64.0 Å². The molecule has 0 radical (unpaired) electrons. The molecule has 1 aliphatic rings. The van der Waals surface area contributed by atoms with Gasteiger partial charge in [0.05, 0.1) is 0 Å². The minimum atomic E-state index is 0.720. The maximum Gasteiger partial charge on any atom is 0.0237 e. The molecule has 18 heavy (non-hydrogen) atoms. The fraction of sp³-hybridized carbons (Fsp3) is 0.600. The molecule has 1 saturated heterocycles. The molecule has 1 heterocycles. The Bertz CT molecular complexity index is 344. The molecular formula is C15H23IN2. The summed E-state index contributed by atoms with van der Waals surface area (Å²) in [6.07, 6.45) is 3.90. The molecule has 1 aromatic carbocycles. The van der Waals surface area contributed by atoms with Crippen LogP contribution in [0.4, 0.5) is 0 Å². The van der Waals surface area contributed by atoms with Crippen LogP contribution < -0.4 is 5.32 Å². The van der Waals surface area contributed by atoms with Crippen molar-refractivity contribution in [2.24, 2.45) is 0 Å². The van der Waals surface area contributed by atoms with Crippen molar-refractivity contribution >= 4 is 22.6 Å². The Labute approximate surface area is 124 Å². The Kier molecular flexibility index (Phi) is 5.92. The zero-order valence-corrected chi connectivity index (χ0v) is 13.3. The van der Waals surface area contributed by atoms with Crippen LogP contribution in [0.25, 0.3) is 0 Å². The van der Waals surface area contributed by atoms with E-state index >= 15 is 0 Å². The van der Waals surface area contributed by atoms with Crippen LogP contribution in [-0.4, -0.2) is 30.6 Å². The van der Waals surface area contributed by atoms with Crippen LogP contribution in [0.5, 0.6) is 0 Å².